The molecule has 0 fully saturated rings. The van der Waals surface area contributed by atoms with E-state index in [9.17, 15) is 0 Å². The zero-order valence-corrected chi connectivity index (χ0v) is 8.89. The largest absolute Gasteiger partial charge is 0.316 e. The van der Waals surface area contributed by atoms with Gasteiger partial charge < -0.3 is 5.32 Å². The van der Waals surface area contributed by atoms with Crippen LogP contribution < -0.4 is 5.32 Å². The number of nitrogens with one attached hydrogen (secondary N) is 1. The van der Waals surface area contributed by atoms with Crippen molar-refractivity contribution in [2.45, 2.75) is 39.0 Å². The number of hydrogen-bond acceptors (Lipinski definition) is 1. The molecular weight excluding hydrogens is 158 g/mol. The number of unbranched alkanes of at least 4 members (excludes halogenated alkanes) is 2. The predicted molar refractivity (Wildman–Crippen MR) is 61.0 cm³/mol. The van der Waals surface area contributed by atoms with Gasteiger partial charge >= 0.3 is 0 Å². The lowest BCUT2D eigenvalue weighted by atomic mass is 10.2. The van der Waals surface area contributed by atoms with Crippen LogP contribution in [0.3, 0.4) is 0 Å². The zero-order valence-electron chi connectivity index (χ0n) is 8.89. The van der Waals surface area contributed by atoms with Crippen molar-refractivity contribution in [1.82, 2.24) is 5.32 Å². The molecule has 0 aromatic carbocycles. The predicted octanol–water partition coefficient (Wildman–Crippen LogP) is 3.29. The molecule has 1 heteroatoms. The average molecular weight is 181 g/mol. The molecule has 0 radical (unpaired) electrons. The SMILES string of the molecule is C=CCCCC=CCCNCCC. The van der Waals surface area contributed by atoms with Gasteiger partial charge in [-0.05, 0) is 45.2 Å². The van der Waals surface area contributed by atoms with Crippen molar-refractivity contribution < 1.29 is 0 Å². The third-order valence-electron chi connectivity index (χ3n) is 1.86. The third kappa shape index (κ3) is 11.4. The molecule has 76 valence electrons. The van der Waals surface area contributed by atoms with E-state index in [2.05, 4.69) is 31.0 Å². The van der Waals surface area contributed by atoms with Crippen molar-refractivity contribution in [3.8, 4) is 0 Å². The van der Waals surface area contributed by atoms with Gasteiger partial charge in [-0.1, -0.05) is 25.2 Å². The van der Waals surface area contributed by atoms with Gasteiger partial charge in [0.1, 0.15) is 0 Å². The Balaban J connectivity index is 2.98. The molecule has 1 nitrogen and oxygen atoms in total. The Labute approximate surface area is 82.9 Å². The molecule has 0 aliphatic rings. The van der Waals surface area contributed by atoms with E-state index in [-0.39, 0.29) is 0 Å². The lowest BCUT2D eigenvalue weighted by molar-refractivity contribution is 0.677. The second-order valence-corrected chi connectivity index (χ2v) is 3.23. The summed E-state index contributed by atoms with van der Waals surface area (Å²) in [6, 6.07) is 0. The zero-order chi connectivity index (χ0) is 9.78. The Hall–Kier alpha value is -0.560. The monoisotopic (exact) mass is 181 g/mol. The summed E-state index contributed by atoms with van der Waals surface area (Å²) in [5.74, 6) is 0. The first-order valence-electron chi connectivity index (χ1n) is 5.38. The molecule has 0 saturated heterocycles. The summed E-state index contributed by atoms with van der Waals surface area (Å²) < 4.78 is 0. The van der Waals surface area contributed by atoms with Crippen LogP contribution in [0.2, 0.25) is 0 Å². The molecule has 0 bridgehead atoms. The molecule has 0 spiro atoms. The van der Waals surface area contributed by atoms with Crippen molar-refractivity contribution >= 4 is 0 Å². The fourth-order valence-electron chi connectivity index (χ4n) is 1.10. The summed E-state index contributed by atoms with van der Waals surface area (Å²) in [5.41, 5.74) is 0. The first-order valence-corrected chi connectivity index (χ1v) is 5.38. The molecule has 1 N–H and O–H groups in total. The highest BCUT2D eigenvalue weighted by molar-refractivity contribution is 4.83. The first kappa shape index (κ1) is 12.4. The van der Waals surface area contributed by atoms with Gasteiger partial charge in [0, 0.05) is 0 Å². The van der Waals surface area contributed by atoms with Gasteiger partial charge in [-0.3, -0.25) is 0 Å². The van der Waals surface area contributed by atoms with Crippen LogP contribution in [-0.4, -0.2) is 13.1 Å². The molecule has 0 rings (SSSR count). The Kier molecular flexibility index (Phi) is 10.9. The lowest BCUT2D eigenvalue weighted by Crippen LogP contribution is -2.14. The summed E-state index contributed by atoms with van der Waals surface area (Å²) >= 11 is 0. The molecule has 0 heterocycles. The van der Waals surface area contributed by atoms with Gasteiger partial charge in [-0.15, -0.1) is 6.58 Å². The van der Waals surface area contributed by atoms with E-state index in [1.807, 2.05) is 6.08 Å². The minimum absolute atomic E-state index is 1.12. The Morgan fingerprint density at radius 1 is 1.08 bits per heavy atom. The number of rotatable bonds is 9. The van der Waals surface area contributed by atoms with Gasteiger partial charge in [0.05, 0.1) is 0 Å². The summed E-state index contributed by atoms with van der Waals surface area (Å²) in [4.78, 5) is 0. The van der Waals surface area contributed by atoms with Crippen LogP contribution in [0.5, 0.6) is 0 Å². The lowest BCUT2D eigenvalue weighted by Gasteiger charge is -1.97. The van der Waals surface area contributed by atoms with Crippen LogP contribution >= 0.6 is 0 Å². The van der Waals surface area contributed by atoms with Crippen molar-refractivity contribution in [3.63, 3.8) is 0 Å². The Morgan fingerprint density at radius 3 is 2.54 bits per heavy atom. The van der Waals surface area contributed by atoms with E-state index < -0.39 is 0 Å². The van der Waals surface area contributed by atoms with E-state index in [1.54, 1.807) is 0 Å². The quantitative estimate of drug-likeness (QED) is 0.425. The fourth-order valence-corrected chi connectivity index (χ4v) is 1.10. The molecule has 0 aromatic heterocycles. The second-order valence-electron chi connectivity index (χ2n) is 3.23. The number of allylic oxidation sites excluding steroid dienone is 2. The van der Waals surface area contributed by atoms with Crippen molar-refractivity contribution in [2.75, 3.05) is 13.1 Å². The van der Waals surface area contributed by atoms with Crippen molar-refractivity contribution in [3.05, 3.63) is 24.8 Å². The van der Waals surface area contributed by atoms with Crippen LogP contribution in [0.1, 0.15) is 39.0 Å². The van der Waals surface area contributed by atoms with Crippen LogP contribution in [0.25, 0.3) is 0 Å². The van der Waals surface area contributed by atoms with Crippen LogP contribution in [0.4, 0.5) is 0 Å². The molecular formula is C12H23N. The Morgan fingerprint density at radius 2 is 1.85 bits per heavy atom. The molecule has 0 aromatic rings. The maximum Gasteiger partial charge on any atom is -0.00143 e. The molecule has 0 amide bonds. The van der Waals surface area contributed by atoms with E-state index in [1.165, 1.54) is 19.3 Å². The van der Waals surface area contributed by atoms with Crippen molar-refractivity contribution in [1.29, 1.82) is 0 Å². The number of hydrogen-bond donors (Lipinski definition) is 1. The van der Waals surface area contributed by atoms with Crippen LogP contribution in [0, 0.1) is 0 Å². The van der Waals surface area contributed by atoms with E-state index >= 15 is 0 Å². The average Bonchev–Trinajstić information content (AvgIpc) is 2.16. The molecule has 13 heavy (non-hydrogen) atoms. The summed E-state index contributed by atoms with van der Waals surface area (Å²) in [5, 5.41) is 3.37. The molecule has 0 saturated carbocycles. The van der Waals surface area contributed by atoms with Crippen molar-refractivity contribution in [2.24, 2.45) is 0 Å². The molecule has 0 unspecified atom stereocenters. The van der Waals surface area contributed by atoms with Gasteiger partial charge in [0.25, 0.3) is 0 Å². The highest BCUT2D eigenvalue weighted by atomic mass is 14.8. The normalized spacial score (nSPS) is 10.8. The molecule has 0 aliphatic carbocycles. The third-order valence-corrected chi connectivity index (χ3v) is 1.86. The fraction of sp³-hybridized carbons (Fsp3) is 0.667. The topological polar surface area (TPSA) is 12.0 Å². The van der Waals surface area contributed by atoms with Crippen LogP contribution in [-0.2, 0) is 0 Å². The summed E-state index contributed by atoms with van der Waals surface area (Å²) in [6.07, 6.45) is 12.5. The highest BCUT2D eigenvalue weighted by Crippen LogP contribution is 1.97. The van der Waals surface area contributed by atoms with Gasteiger partial charge in [0.2, 0.25) is 0 Å². The summed E-state index contributed by atoms with van der Waals surface area (Å²) in [7, 11) is 0. The summed E-state index contributed by atoms with van der Waals surface area (Å²) in [6.45, 7) is 8.15. The smallest absolute Gasteiger partial charge is 0.00143 e. The van der Waals surface area contributed by atoms with Crippen LogP contribution in [0.15, 0.2) is 24.8 Å². The Bertz CT molecular complexity index is 127. The minimum Gasteiger partial charge on any atom is -0.316 e. The van der Waals surface area contributed by atoms with E-state index in [4.69, 9.17) is 0 Å². The van der Waals surface area contributed by atoms with E-state index in [0.717, 1.165) is 25.9 Å². The molecule has 0 atom stereocenters. The minimum atomic E-state index is 1.12. The highest BCUT2D eigenvalue weighted by Gasteiger charge is 1.82. The maximum atomic E-state index is 3.69. The molecule has 0 aliphatic heterocycles. The maximum absolute atomic E-state index is 3.69. The van der Waals surface area contributed by atoms with Gasteiger partial charge in [0.15, 0.2) is 0 Å². The standard InChI is InChI=1S/C12H23N/c1-3-5-6-7-8-9-10-12-13-11-4-2/h3,8-9,13H,1,4-7,10-12H2,2H3. The second kappa shape index (κ2) is 11.4. The van der Waals surface area contributed by atoms with Gasteiger partial charge in [-0.25, -0.2) is 0 Å². The van der Waals surface area contributed by atoms with Gasteiger partial charge in [-0.2, -0.15) is 0 Å². The van der Waals surface area contributed by atoms with E-state index in [0.29, 0.717) is 0 Å². The first-order chi connectivity index (χ1) is 6.41.